The third-order valence-electron chi connectivity index (χ3n) is 3.50. The van der Waals surface area contributed by atoms with Crippen molar-refractivity contribution in [1.29, 1.82) is 0 Å². The van der Waals surface area contributed by atoms with Crippen LogP contribution >= 0.6 is 11.6 Å². The van der Waals surface area contributed by atoms with Gasteiger partial charge in [0, 0.05) is 25.8 Å². The average molecular weight is 366 g/mol. The normalized spacial score (nSPS) is 19.1. The zero-order chi connectivity index (χ0) is 17.2. The van der Waals surface area contributed by atoms with Gasteiger partial charge in [-0.05, 0) is 18.9 Å². The van der Waals surface area contributed by atoms with Crippen LogP contribution in [0.5, 0.6) is 5.75 Å². The molecule has 2 rings (SSSR count). The van der Waals surface area contributed by atoms with Crippen LogP contribution in [0.3, 0.4) is 0 Å². The van der Waals surface area contributed by atoms with Crippen molar-refractivity contribution < 1.29 is 23.2 Å². The molecule has 0 unspecified atom stereocenters. The number of aromatic hydroxyl groups is 1. The van der Waals surface area contributed by atoms with Crippen molar-refractivity contribution >= 4 is 27.3 Å². The molecular weight excluding hydrogens is 350 g/mol. The van der Waals surface area contributed by atoms with Gasteiger partial charge in [0.05, 0.1) is 16.6 Å². The van der Waals surface area contributed by atoms with Gasteiger partial charge in [-0.15, -0.1) is 4.83 Å². The standard InChI is InChI=1S/C12H16ClN3O6S/c1-22-7-8-3-2-6-15(8)14-23(20,21)12-9(13)4-5-10(11(12)17)16(18)19/h4-5,8,14,17H,2-3,6-7H2,1H3/t8-/m1/s1. The number of nitro groups is 1. The van der Waals surface area contributed by atoms with Crippen LogP contribution in [0.1, 0.15) is 12.8 Å². The number of hydrogen-bond acceptors (Lipinski definition) is 7. The Kier molecular flexibility index (Phi) is 5.42. The number of rotatable bonds is 6. The molecular formula is C12H16ClN3O6S. The number of nitrogens with one attached hydrogen (secondary N) is 1. The zero-order valence-corrected chi connectivity index (χ0v) is 13.8. The van der Waals surface area contributed by atoms with Crippen LogP contribution in [-0.4, -0.2) is 49.8 Å². The minimum absolute atomic E-state index is 0.158. The molecule has 1 aromatic carbocycles. The predicted octanol–water partition coefficient (Wildman–Crippen LogP) is 1.26. The van der Waals surface area contributed by atoms with E-state index in [1.54, 1.807) is 0 Å². The Morgan fingerprint density at radius 3 is 2.87 bits per heavy atom. The van der Waals surface area contributed by atoms with Crippen LogP contribution in [0, 0.1) is 10.1 Å². The second kappa shape index (κ2) is 6.97. The van der Waals surface area contributed by atoms with Crippen molar-refractivity contribution in [3.63, 3.8) is 0 Å². The van der Waals surface area contributed by atoms with Crippen LogP contribution < -0.4 is 4.83 Å². The SMILES string of the molecule is COC[C@H]1CCCN1NS(=O)(=O)c1c(Cl)ccc([N+](=O)[O-])c1O. The summed E-state index contributed by atoms with van der Waals surface area (Å²) in [7, 11) is -2.77. The highest BCUT2D eigenvalue weighted by Gasteiger charge is 2.33. The maximum absolute atomic E-state index is 12.5. The van der Waals surface area contributed by atoms with Crippen LogP contribution in [0.2, 0.25) is 5.02 Å². The minimum atomic E-state index is -4.28. The third-order valence-corrected chi connectivity index (χ3v) is 5.35. The van der Waals surface area contributed by atoms with Gasteiger partial charge in [-0.1, -0.05) is 11.6 Å². The highest BCUT2D eigenvalue weighted by Crippen LogP contribution is 2.38. The van der Waals surface area contributed by atoms with Crippen LogP contribution in [0.4, 0.5) is 5.69 Å². The lowest BCUT2D eigenvalue weighted by Gasteiger charge is -2.24. The molecule has 1 aromatic rings. The van der Waals surface area contributed by atoms with E-state index < -0.39 is 31.3 Å². The molecule has 1 fully saturated rings. The van der Waals surface area contributed by atoms with E-state index in [1.165, 1.54) is 12.1 Å². The molecule has 128 valence electrons. The molecule has 9 nitrogen and oxygen atoms in total. The van der Waals surface area contributed by atoms with E-state index in [4.69, 9.17) is 16.3 Å². The van der Waals surface area contributed by atoms with Crippen LogP contribution in [0.25, 0.3) is 0 Å². The molecule has 2 N–H and O–H groups in total. The van der Waals surface area contributed by atoms with Gasteiger partial charge >= 0.3 is 5.69 Å². The quantitative estimate of drug-likeness (QED) is 0.574. The highest BCUT2D eigenvalue weighted by molar-refractivity contribution is 7.89. The summed E-state index contributed by atoms with van der Waals surface area (Å²) in [5.41, 5.74) is -0.732. The monoisotopic (exact) mass is 365 g/mol. The molecule has 0 saturated carbocycles. The summed E-state index contributed by atoms with van der Waals surface area (Å²) < 4.78 is 30.0. The molecule has 0 amide bonds. The van der Waals surface area contributed by atoms with Crippen molar-refractivity contribution in [3.8, 4) is 5.75 Å². The van der Waals surface area contributed by atoms with Crippen LogP contribution in [0.15, 0.2) is 17.0 Å². The molecule has 0 spiro atoms. The first-order valence-corrected chi connectivity index (χ1v) is 8.58. The van der Waals surface area contributed by atoms with Gasteiger partial charge in [0.1, 0.15) is 0 Å². The predicted molar refractivity (Wildman–Crippen MR) is 81.7 cm³/mol. The largest absolute Gasteiger partial charge is 0.501 e. The number of hydrogen-bond donors (Lipinski definition) is 2. The summed E-state index contributed by atoms with van der Waals surface area (Å²) in [5.74, 6) is -0.988. The number of benzene rings is 1. The van der Waals surface area contributed by atoms with Crippen molar-refractivity contribution in [2.45, 2.75) is 23.8 Å². The summed E-state index contributed by atoms with van der Waals surface area (Å²) >= 11 is 5.83. The molecule has 0 aliphatic carbocycles. The Morgan fingerprint density at radius 1 is 1.57 bits per heavy atom. The van der Waals surface area contributed by atoms with E-state index >= 15 is 0 Å². The number of methoxy groups -OCH3 is 1. The Bertz CT molecular complexity index is 711. The fraction of sp³-hybridized carbons (Fsp3) is 0.500. The summed E-state index contributed by atoms with van der Waals surface area (Å²) in [6, 6.07) is 1.85. The zero-order valence-electron chi connectivity index (χ0n) is 12.2. The fourth-order valence-corrected chi connectivity index (χ4v) is 4.24. The molecule has 1 aliphatic heterocycles. The molecule has 1 saturated heterocycles. The molecule has 0 radical (unpaired) electrons. The van der Waals surface area contributed by atoms with E-state index in [2.05, 4.69) is 4.83 Å². The lowest BCUT2D eigenvalue weighted by molar-refractivity contribution is -0.386. The maximum Gasteiger partial charge on any atom is 0.312 e. The minimum Gasteiger partial charge on any atom is -0.501 e. The first-order chi connectivity index (χ1) is 10.8. The molecule has 11 heteroatoms. The van der Waals surface area contributed by atoms with Crippen molar-refractivity contribution in [2.24, 2.45) is 0 Å². The van der Waals surface area contributed by atoms with E-state index in [0.29, 0.717) is 13.2 Å². The second-order valence-electron chi connectivity index (χ2n) is 5.04. The van der Waals surface area contributed by atoms with E-state index in [9.17, 15) is 23.6 Å². The molecule has 1 atom stereocenters. The fourth-order valence-electron chi connectivity index (χ4n) is 2.46. The number of phenolic OH excluding ortho intramolecular Hbond substituents is 1. The van der Waals surface area contributed by atoms with Gasteiger partial charge in [0.2, 0.25) is 5.75 Å². The Morgan fingerprint density at radius 2 is 2.26 bits per heavy atom. The van der Waals surface area contributed by atoms with Gasteiger partial charge in [0.25, 0.3) is 10.0 Å². The first-order valence-electron chi connectivity index (χ1n) is 6.72. The van der Waals surface area contributed by atoms with Gasteiger partial charge in [-0.2, -0.15) is 0 Å². The highest BCUT2D eigenvalue weighted by atomic mass is 35.5. The number of nitro benzene ring substituents is 1. The van der Waals surface area contributed by atoms with Crippen molar-refractivity contribution in [1.82, 2.24) is 9.84 Å². The number of halogens is 1. The lowest BCUT2D eigenvalue weighted by atomic mass is 10.2. The summed E-state index contributed by atoms with van der Waals surface area (Å²) in [6.45, 7) is 0.789. The molecule has 0 aromatic heterocycles. The molecule has 0 bridgehead atoms. The maximum atomic E-state index is 12.5. The summed E-state index contributed by atoms with van der Waals surface area (Å²) in [4.78, 5) is 11.6. The van der Waals surface area contributed by atoms with Gasteiger partial charge in [0.15, 0.2) is 4.90 Å². The van der Waals surface area contributed by atoms with E-state index in [1.807, 2.05) is 0 Å². The average Bonchev–Trinajstić information content (AvgIpc) is 2.85. The smallest absolute Gasteiger partial charge is 0.312 e. The first kappa shape index (κ1) is 17.9. The van der Waals surface area contributed by atoms with Crippen molar-refractivity contribution in [3.05, 3.63) is 27.3 Å². The van der Waals surface area contributed by atoms with E-state index in [0.717, 1.165) is 25.0 Å². The Labute approximate surface area is 138 Å². The topological polar surface area (TPSA) is 122 Å². The van der Waals surface area contributed by atoms with Gasteiger partial charge < -0.3 is 9.84 Å². The number of hydrazine groups is 1. The van der Waals surface area contributed by atoms with E-state index in [-0.39, 0.29) is 11.1 Å². The second-order valence-corrected chi connectivity index (χ2v) is 7.05. The molecule has 1 heterocycles. The van der Waals surface area contributed by atoms with Gasteiger partial charge in [-0.25, -0.2) is 13.4 Å². The molecule has 23 heavy (non-hydrogen) atoms. The third kappa shape index (κ3) is 3.72. The molecule has 1 aliphatic rings. The number of sulfonamides is 1. The Balaban J connectivity index is 2.36. The number of ether oxygens (including phenoxy) is 1. The lowest BCUT2D eigenvalue weighted by Crippen LogP contribution is -2.46. The van der Waals surface area contributed by atoms with Crippen LogP contribution in [-0.2, 0) is 14.8 Å². The number of nitrogens with zero attached hydrogens (tertiary/aromatic N) is 2. The summed E-state index contributed by atoms with van der Waals surface area (Å²) in [5, 5.41) is 21.9. The summed E-state index contributed by atoms with van der Waals surface area (Å²) in [6.07, 6.45) is 1.51. The number of phenols is 1. The van der Waals surface area contributed by atoms with Gasteiger partial charge in [-0.3, -0.25) is 10.1 Å². The van der Waals surface area contributed by atoms with Crippen molar-refractivity contribution in [2.75, 3.05) is 20.3 Å². The Hall–Kier alpha value is -1.46.